The lowest BCUT2D eigenvalue weighted by Crippen LogP contribution is -2.54. The molecule has 0 aliphatic heterocycles. The number of aryl methyl sites for hydroxylation is 3. The monoisotopic (exact) mass is 397 g/mol. The van der Waals surface area contributed by atoms with Gasteiger partial charge in [-0.15, -0.1) is 0 Å². The first kappa shape index (κ1) is 22.6. The van der Waals surface area contributed by atoms with E-state index < -0.39 is 11.5 Å². The minimum atomic E-state index is -1.26. The molecule has 0 radical (unpaired) electrons. The average molecular weight is 398 g/mol. The summed E-state index contributed by atoms with van der Waals surface area (Å²) in [6.07, 6.45) is 0.148. The maximum Gasteiger partial charge on any atom is 0.334 e. The van der Waals surface area contributed by atoms with Gasteiger partial charge in [-0.25, -0.2) is 9.86 Å². The second kappa shape index (κ2) is 9.70. The van der Waals surface area contributed by atoms with Crippen LogP contribution >= 0.6 is 0 Å². The van der Waals surface area contributed by atoms with Crippen molar-refractivity contribution in [1.82, 2.24) is 5.06 Å². The number of amides is 1. The lowest BCUT2D eigenvalue weighted by molar-refractivity contribution is -0.229. The van der Waals surface area contributed by atoms with Crippen LogP contribution in [0.3, 0.4) is 0 Å². The molecule has 5 heteroatoms. The average Bonchev–Trinajstić information content (AvgIpc) is 2.65. The standard InChI is InChI=1S/C24H31NO4/c1-7-28-23(27)24(5,6)25(29-16-20-11-9-8-10-12-20)22(26)15-21-18(3)13-17(2)14-19(21)4/h8-14H,7,15-16H2,1-6H3. The van der Waals surface area contributed by atoms with E-state index in [0.717, 1.165) is 27.8 Å². The maximum atomic E-state index is 13.3. The summed E-state index contributed by atoms with van der Waals surface area (Å²) in [5.74, 6) is -0.784. The van der Waals surface area contributed by atoms with E-state index in [-0.39, 0.29) is 25.5 Å². The first-order valence-electron chi connectivity index (χ1n) is 9.90. The number of hydrogen-bond acceptors (Lipinski definition) is 4. The smallest absolute Gasteiger partial charge is 0.334 e. The van der Waals surface area contributed by atoms with Crippen LogP contribution in [-0.2, 0) is 32.2 Å². The highest BCUT2D eigenvalue weighted by atomic mass is 16.7. The summed E-state index contributed by atoms with van der Waals surface area (Å²) in [5, 5.41) is 1.18. The van der Waals surface area contributed by atoms with Crippen molar-refractivity contribution in [3.05, 3.63) is 70.3 Å². The molecule has 29 heavy (non-hydrogen) atoms. The summed E-state index contributed by atoms with van der Waals surface area (Å²) in [6, 6.07) is 13.7. The SMILES string of the molecule is CCOC(=O)C(C)(C)N(OCc1ccccc1)C(=O)Cc1c(C)cc(C)cc1C. The molecule has 2 aromatic carbocycles. The van der Waals surface area contributed by atoms with E-state index in [0.29, 0.717) is 0 Å². The fourth-order valence-electron chi connectivity index (χ4n) is 3.36. The lowest BCUT2D eigenvalue weighted by atomic mass is 9.96. The highest BCUT2D eigenvalue weighted by Gasteiger charge is 2.41. The Morgan fingerprint density at radius 1 is 1.00 bits per heavy atom. The zero-order valence-corrected chi connectivity index (χ0v) is 18.2. The highest BCUT2D eigenvalue weighted by molar-refractivity contribution is 5.87. The summed E-state index contributed by atoms with van der Waals surface area (Å²) in [6.45, 7) is 11.5. The Labute approximate surface area is 173 Å². The third kappa shape index (κ3) is 5.67. The number of esters is 1. The Balaban J connectivity index is 2.30. The van der Waals surface area contributed by atoms with E-state index in [1.54, 1.807) is 20.8 Å². The van der Waals surface area contributed by atoms with Gasteiger partial charge in [-0.1, -0.05) is 48.0 Å². The normalized spacial score (nSPS) is 11.2. The minimum Gasteiger partial charge on any atom is -0.464 e. The van der Waals surface area contributed by atoms with E-state index >= 15 is 0 Å². The summed E-state index contributed by atoms with van der Waals surface area (Å²) >= 11 is 0. The third-order valence-electron chi connectivity index (χ3n) is 4.88. The van der Waals surface area contributed by atoms with Gasteiger partial charge < -0.3 is 4.74 Å². The second-order valence-corrected chi connectivity index (χ2v) is 7.78. The molecule has 0 saturated heterocycles. The van der Waals surface area contributed by atoms with Crippen LogP contribution in [0, 0.1) is 20.8 Å². The lowest BCUT2D eigenvalue weighted by Gasteiger charge is -2.35. The Hall–Kier alpha value is -2.66. The van der Waals surface area contributed by atoms with Crippen LogP contribution in [-0.4, -0.2) is 29.1 Å². The number of benzene rings is 2. The summed E-state index contributed by atoms with van der Waals surface area (Å²) in [7, 11) is 0. The van der Waals surface area contributed by atoms with E-state index in [9.17, 15) is 9.59 Å². The molecular weight excluding hydrogens is 366 g/mol. The molecule has 0 aliphatic carbocycles. The maximum absolute atomic E-state index is 13.3. The number of hydroxylamine groups is 2. The number of carbonyl (C=O) groups excluding carboxylic acids is 2. The van der Waals surface area contributed by atoms with E-state index in [1.165, 1.54) is 5.06 Å². The third-order valence-corrected chi connectivity index (χ3v) is 4.88. The number of hydrogen-bond donors (Lipinski definition) is 0. The number of rotatable bonds is 8. The predicted octanol–water partition coefficient (Wildman–Crippen LogP) is 4.46. The van der Waals surface area contributed by atoms with Crippen LogP contribution < -0.4 is 0 Å². The van der Waals surface area contributed by atoms with Crippen molar-refractivity contribution in [3.8, 4) is 0 Å². The molecule has 0 spiro atoms. The van der Waals surface area contributed by atoms with Gasteiger partial charge in [0.25, 0.3) is 5.91 Å². The van der Waals surface area contributed by atoms with Gasteiger partial charge in [0.05, 0.1) is 13.0 Å². The molecule has 0 fully saturated rings. The first-order valence-corrected chi connectivity index (χ1v) is 9.90. The van der Waals surface area contributed by atoms with E-state index in [4.69, 9.17) is 9.57 Å². The molecule has 0 heterocycles. The van der Waals surface area contributed by atoms with Gasteiger partial charge in [-0.3, -0.25) is 9.63 Å². The summed E-state index contributed by atoms with van der Waals surface area (Å²) in [5.41, 5.74) is 3.86. The van der Waals surface area contributed by atoms with Gasteiger partial charge in [0, 0.05) is 0 Å². The minimum absolute atomic E-state index is 0.148. The molecule has 5 nitrogen and oxygen atoms in total. The zero-order valence-electron chi connectivity index (χ0n) is 18.2. The molecule has 2 rings (SSSR count). The predicted molar refractivity (Wildman–Crippen MR) is 113 cm³/mol. The number of ether oxygens (including phenoxy) is 1. The van der Waals surface area contributed by atoms with E-state index in [1.807, 2.05) is 51.1 Å². The Bertz CT molecular complexity index is 835. The largest absolute Gasteiger partial charge is 0.464 e. The van der Waals surface area contributed by atoms with Crippen molar-refractivity contribution in [2.45, 2.75) is 60.1 Å². The molecule has 0 unspecified atom stereocenters. The van der Waals surface area contributed by atoms with Crippen molar-refractivity contribution in [2.75, 3.05) is 6.61 Å². The Morgan fingerprint density at radius 3 is 2.14 bits per heavy atom. The molecule has 1 amide bonds. The van der Waals surface area contributed by atoms with Crippen molar-refractivity contribution in [3.63, 3.8) is 0 Å². The summed E-state index contributed by atoms with van der Waals surface area (Å²) in [4.78, 5) is 31.7. The fourth-order valence-corrected chi connectivity index (χ4v) is 3.36. The van der Waals surface area contributed by atoms with Gasteiger partial charge in [-0.2, -0.15) is 0 Å². The second-order valence-electron chi connectivity index (χ2n) is 7.78. The molecule has 0 saturated carbocycles. The number of carbonyl (C=O) groups is 2. The Kier molecular flexibility index (Phi) is 7.57. The molecular formula is C24H31NO4. The molecule has 0 aromatic heterocycles. The molecule has 0 aliphatic rings. The van der Waals surface area contributed by atoms with Crippen molar-refractivity contribution in [2.24, 2.45) is 0 Å². The highest BCUT2D eigenvalue weighted by Crippen LogP contribution is 2.23. The quantitative estimate of drug-likeness (QED) is 0.488. The Morgan fingerprint density at radius 2 is 1.59 bits per heavy atom. The fraction of sp³-hybridized carbons (Fsp3) is 0.417. The van der Waals surface area contributed by atoms with Gasteiger partial charge in [-0.05, 0) is 63.8 Å². The van der Waals surface area contributed by atoms with Crippen LogP contribution in [0.4, 0.5) is 0 Å². The van der Waals surface area contributed by atoms with Gasteiger partial charge >= 0.3 is 5.97 Å². The first-order chi connectivity index (χ1) is 13.7. The molecule has 156 valence electrons. The van der Waals surface area contributed by atoms with Crippen LogP contribution in [0.5, 0.6) is 0 Å². The topological polar surface area (TPSA) is 55.8 Å². The van der Waals surface area contributed by atoms with Crippen LogP contribution in [0.2, 0.25) is 0 Å². The molecule has 2 aromatic rings. The van der Waals surface area contributed by atoms with Crippen molar-refractivity contribution in [1.29, 1.82) is 0 Å². The summed E-state index contributed by atoms with van der Waals surface area (Å²) < 4.78 is 5.19. The van der Waals surface area contributed by atoms with E-state index in [2.05, 4.69) is 12.1 Å². The number of nitrogens with zero attached hydrogens (tertiary/aromatic N) is 1. The van der Waals surface area contributed by atoms with Crippen LogP contribution in [0.25, 0.3) is 0 Å². The van der Waals surface area contributed by atoms with Crippen LogP contribution in [0.15, 0.2) is 42.5 Å². The molecule has 0 N–H and O–H groups in total. The molecule has 0 atom stereocenters. The van der Waals surface area contributed by atoms with Gasteiger partial charge in [0.2, 0.25) is 0 Å². The van der Waals surface area contributed by atoms with Crippen molar-refractivity contribution >= 4 is 11.9 Å². The molecule has 0 bridgehead atoms. The zero-order chi connectivity index (χ0) is 21.6. The van der Waals surface area contributed by atoms with Gasteiger partial charge in [0.1, 0.15) is 6.61 Å². The van der Waals surface area contributed by atoms with Crippen LogP contribution in [0.1, 0.15) is 48.6 Å². The van der Waals surface area contributed by atoms with Crippen molar-refractivity contribution < 1.29 is 19.2 Å². The van der Waals surface area contributed by atoms with Gasteiger partial charge in [0.15, 0.2) is 5.54 Å².